The van der Waals surface area contributed by atoms with Crippen molar-refractivity contribution in [2.75, 3.05) is 59.0 Å². The molecular weight excluding hydrogens is 470 g/mol. The molecule has 5 rings (SSSR count). The van der Waals surface area contributed by atoms with Crippen LogP contribution in [0, 0.1) is 5.92 Å². The third kappa shape index (κ3) is 7.11. The maximum absolute atomic E-state index is 13.5. The SMILES string of the molecule is O=C1C2CCC(OC3CCCN(CCO)CC3)CC2OCCN1C[C@H](O)CN1CCc2ccccc2C1. The van der Waals surface area contributed by atoms with E-state index in [1.807, 2.05) is 4.90 Å². The first-order valence-corrected chi connectivity index (χ1v) is 14.5. The predicted octanol–water partition coefficient (Wildman–Crippen LogP) is 1.67. The lowest BCUT2D eigenvalue weighted by atomic mass is 9.83. The number of hydrogen-bond donors (Lipinski definition) is 2. The van der Waals surface area contributed by atoms with Gasteiger partial charge in [0.2, 0.25) is 5.91 Å². The van der Waals surface area contributed by atoms with Crippen molar-refractivity contribution in [1.29, 1.82) is 0 Å². The molecule has 0 aromatic heterocycles. The van der Waals surface area contributed by atoms with Crippen LogP contribution in [0.4, 0.5) is 0 Å². The second-order valence-corrected chi connectivity index (χ2v) is 11.4. The number of ether oxygens (including phenoxy) is 2. The van der Waals surface area contributed by atoms with Crippen LogP contribution in [0.5, 0.6) is 0 Å². The number of amides is 1. The van der Waals surface area contributed by atoms with Crippen molar-refractivity contribution in [1.82, 2.24) is 14.7 Å². The number of likely N-dealkylation sites (tertiary alicyclic amines) is 1. The molecule has 3 aliphatic heterocycles. The molecule has 3 heterocycles. The van der Waals surface area contributed by atoms with Gasteiger partial charge in [-0.2, -0.15) is 0 Å². The van der Waals surface area contributed by atoms with Crippen molar-refractivity contribution in [2.24, 2.45) is 5.92 Å². The van der Waals surface area contributed by atoms with Gasteiger partial charge in [0, 0.05) is 52.2 Å². The largest absolute Gasteiger partial charge is 0.395 e. The molecule has 1 amide bonds. The molecular formula is C29H45N3O5. The zero-order valence-electron chi connectivity index (χ0n) is 22.2. The molecule has 4 unspecified atom stereocenters. The molecule has 1 aromatic carbocycles. The van der Waals surface area contributed by atoms with Crippen molar-refractivity contribution in [2.45, 2.75) is 75.9 Å². The highest BCUT2D eigenvalue weighted by Crippen LogP contribution is 2.33. The van der Waals surface area contributed by atoms with E-state index in [1.165, 1.54) is 11.1 Å². The topological polar surface area (TPSA) is 85.7 Å². The van der Waals surface area contributed by atoms with Crippen LogP contribution in [0.15, 0.2) is 24.3 Å². The molecule has 1 aliphatic carbocycles. The summed E-state index contributed by atoms with van der Waals surface area (Å²) in [6, 6.07) is 8.53. The molecule has 1 saturated carbocycles. The van der Waals surface area contributed by atoms with Crippen LogP contribution < -0.4 is 0 Å². The molecule has 8 heteroatoms. The Hall–Kier alpha value is -1.55. The highest BCUT2D eigenvalue weighted by molar-refractivity contribution is 5.80. The van der Waals surface area contributed by atoms with Gasteiger partial charge < -0.3 is 29.5 Å². The number of carbonyl (C=O) groups excluding carboxylic acids is 1. The van der Waals surface area contributed by atoms with Gasteiger partial charge in [0.15, 0.2) is 0 Å². The summed E-state index contributed by atoms with van der Waals surface area (Å²) in [6.45, 7) is 6.77. The van der Waals surface area contributed by atoms with Crippen molar-refractivity contribution < 1.29 is 24.5 Å². The Morgan fingerprint density at radius 2 is 1.84 bits per heavy atom. The van der Waals surface area contributed by atoms with E-state index in [4.69, 9.17) is 9.47 Å². The standard InChI is InChI=1S/C29H45N3O5/c33-16-14-30-11-3-6-25(10-13-30)37-26-7-8-27-28(18-26)36-17-15-32(29(27)35)21-24(34)20-31-12-9-22-4-1-2-5-23(22)19-31/h1-2,4-5,24-28,33-34H,3,6-21H2/t24-,25?,26?,27?,28?/m1/s1. The summed E-state index contributed by atoms with van der Waals surface area (Å²) >= 11 is 0. The summed E-state index contributed by atoms with van der Waals surface area (Å²) in [5.41, 5.74) is 2.75. The maximum Gasteiger partial charge on any atom is 0.228 e. The summed E-state index contributed by atoms with van der Waals surface area (Å²) in [6.07, 6.45) is 6.34. The monoisotopic (exact) mass is 515 g/mol. The first-order chi connectivity index (χ1) is 18.1. The fraction of sp³-hybridized carbons (Fsp3) is 0.759. The number of hydrogen-bond acceptors (Lipinski definition) is 7. The third-order valence-corrected chi connectivity index (χ3v) is 8.74. The van der Waals surface area contributed by atoms with Crippen molar-refractivity contribution in [3.63, 3.8) is 0 Å². The van der Waals surface area contributed by atoms with Crippen molar-refractivity contribution >= 4 is 5.91 Å². The van der Waals surface area contributed by atoms with Gasteiger partial charge in [-0.1, -0.05) is 24.3 Å². The number of β-amino-alcohol motifs (C(OH)–C–C–N with tert-alkyl or cyclic N) is 2. The van der Waals surface area contributed by atoms with E-state index >= 15 is 0 Å². The lowest BCUT2D eigenvalue weighted by Gasteiger charge is -2.36. The van der Waals surface area contributed by atoms with Crippen LogP contribution >= 0.6 is 0 Å². The van der Waals surface area contributed by atoms with Crippen LogP contribution in [0.25, 0.3) is 0 Å². The fourth-order valence-electron chi connectivity index (χ4n) is 6.74. The average Bonchev–Trinajstić information content (AvgIpc) is 3.21. The molecule has 0 radical (unpaired) electrons. The second-order valence-electron chi connectivity index (χ2n) is 11.4. The molecule has 37 heavy (non-hydrogen) atoms. The summed E-state index contributed by atoms with van der Waals surface area (Å²) < 4.78 is 12.7. The van der Waals surface area contributed by atoms with E-state index in [1.54, 1.807) is 0 Å². The summed E-state index contributed by atoms with van der Waals surface area (Å²) in [5.74, 6) is 0.00342. The van der Waals surface area contributed by atoms with Crippen LogP contribution in [0.2, 0.25) is 0 Å². The highest BCUT2D eigenvalue weighted by Gasteiger charge is 2.41. The zero-order chi connectivity index (χ0) is 25.6. The number of benzene rings is 1. The maximum atomic E-state index is 13.5. The Kier molecular flexibility index (Phi) is 9.50. The smallest absolute Gasteiger partial charge is 0.228 e. The minimum absolute atomic E-state index is 0.0938. The van der Waals surface area contributed by atoms with Gasteiger partial charge in [-0.3, -0.25) is 9.69 Å². The normalized spacial score (nSPS) is 30.8. The number of nitrogens with zero attached hydrogens (tertiary/aromatic N) is 3. The molecule has 0 bridgehead atoms. The van der Waals surface area contributed by atoms with Gasteiger partial charge in [0.25, 0.3) is 0 Å². The number of fused-ring (bicyclic) bond motifs is 2. The van der Waals surface area contributed by atoms with E-state index in [9.17, 15) is 15.0 Å². The minimum Gasteiger partial charge on any atom is -0.395 e. The van der Waals surface area contributed by atoms with E-state index in [2.05, 4.69) is 34.1 Å². The third-order valence-electron chi connectivity index (χ3n) is 8.74. The molecule has 2 saturated heterocycles. The fourth-order valence-corrected chi connectivity index (χ4v) is 6.74. The minimum atomic E-state index is -0.564. The number of rotatable bonds is 8. The molecule has 5 atom stereocenters. The number of aliphatic hydroxyl groups excluding tert-OH is 2. The summed E-state index contributed by atoms with van der Waals surface area (Å²) in [7, 11) is 0. The van der Waals surface area contributed by atoms with Crippen LogP contribution in [0.1, 0.15) is 49.7 Å². The molecule has 0 spiro atoms. The van der Waals surface area contributed by atoms with Crippen LogP contribution in [-0.4, -0.2) is 114 Å². The highest BCUT2D eigenvalue weighted by atomic mass is 16.5. The van der Waals surface area contributed by atoms with E-state index < -0.39 is 6.10 Å². The molecule has 4 aliphatic rings. The number of aliphatic hydroxyl groups is 2. The lowest BCUT2D eigenvalue weighted by molar-refractivity contribution is -0.143. The second kappa shape index (κ2) is 13.0. The van der Waals surface area contributed by atoms with Crippen molar-refractivity contribution in [3.05, 3.63) is 35.4 Å². The molecule has 2 N–H and O–H groups in total. The van der Waals surface area contributed by atoms with E-state index in [-0.39, 0.29) is 36.7 Å². The molecule has 3 fully saturated rings. The first kappa shape index (κ1) is 27.0. The van der Waals surface area contributed by atoms with Crippen LogP contribution in [0.3, 0.4) is 0 Å². The zero-order valence-corrected chi connectivity index (χ0v) is 22.2. The van der Waals surface area contributed by atoms with Crippen molar-refractivity contribution in [3.8, 4) is 0 Å². The Morgan fingerprint density at radius 3 is 2.70 bits per heavy atom. The molecule has 206 valence electrons. The van der Waals surface area contributed by atoms with Gasteiger partial charge in [-0.15, -0.1) is 0 Å². The Balaban J connectivity index is 1.09. The molecule has 8 nitrogen and oxygen atoms in total. The first-order valence-electron chi connectivity index (χ1n) is 14.5. The Morgan fingerprint density at radius 1 is 0.973 bits per heavy atom. The van der Waals surface area contributed by atoms with Crippen LogP contribution in [-0.2, 0) is 27.2 Å². The molecule has 1 aromatic rings. The van der Waals surface area contributed by atoms with Gasteiger partial charge in [0.05, 0.1) is 43.5 Å². The summed E-state index contributed by atoms with van der Waals surface area (Å²) in [5, 5.41) is 20.1. The van der Waals surface area contributed by atoms with E-state index in [0.717, 1.165) is 77.7 Å². The van der Waals surface area contributed by atoms with Gasteiger partial charge in [-0.05, 0) is 56.2 Å². The van der Waals surface area contributed by atoms with E-state index in [0.29, 0.717) is 26.2 Å². The average molecular weight is 516 g/mol. The van der Waals surface area contributed by atoms with Gasteiger partial charge in [-0.25, -0.2) is 0 Å². The lowest BCUT2D eigenvalue weighted by Crippen LogP contribution is -2.47. The summed E-state index contributed by atoms with van der Waals surface area (Å²) in [4.78, 5) is 19.9. The quantitative estimate of drug-likeness (QED) is 0.545. The Labute approximate surface area is 221 Å². The Bertz CT molecular complexity index is 885. The van der Waals surface area contributed by atoms with Gasteiger partial charge >= 0.3 is 0 Å². The number of carbonyl (C=O) groups is 1. The van der Waals surface area contributed by atoms with Gasteiger partial charge in [0.1, 0.15) is 0 Å². The predicted molar refractivity (Wildman–Crippen MR) is 141 cm³/mol.